The first-order chi connectivity index (χ1) is 12.0. The van der Waals surface area contributed by atoms with E-state index in [1.165, 1.54) is 44.9 Å². The number of carboxylic acids is 2. The first kappa shape index (κ1) is 28.5. The Labute approximate surface area is 202 Å². The van der Waals surface area contributed by atoms with Crippen LogP contribution >= 0.6 is 0 Å². The van der Waals surface area contributed by atoms with Gasteiger partial charge < -0.3 is 16.6 Å². The number of unbranched alkanes of at least 4 members (excludes halogenated alkanes) is 5. The molecule has 0 saturated carbocycles. The van der Waals surface area contributed by atoms with Crippen LogP contribution in [-0.4, -0.2) is 22.2 Å². The van der Waals surface area contributed by atoms with E-state index in [0.717, 1.165) is 31.6 Å². The predicted octanol–water partition coefficient (Wildman–Crippen LogP) is 2.87. The first-order valence-electron chi connectivity index (χ1n) is 9.92. The Morgan fingerprint density at radius 3 is 2.35 bits per heavy atom. The van der Waals surface area contributed by atoms with Crippen LogP contribution in [0.1, 0.15) is 90.9 Å². The maximum absolute atomic E-state index is 10.3. The van der Waals surface area contributed by atoms with E-state index in [4.69, 9.17) is 10.2 Å². The Bertz CT molecular complexity index is 382. The molecule has 0 saturated heterocycles. The van der Waals surface area contributed by atoms with Crippen molar-refractivity contribution in [3.05, 3.63) is 18.6 Å². The fraction of sp³-hybridized carbons (Fsp3) is 0.762. The summed E-state index contributed by atoms with van der Waals surface area (Å²) in [4.78, 5) is 20.5. The van der Waals surface area contributed by atoms with Crippen LogP contribution in [0.4, 0.5) is 0 Å². The van der Waals surface area contributed by atoms with Gasteiger partial charge in [0.15, 0.2) is 0 Å². The van der Waals surface area contributed by atoms with Gasteiger partial charge in [-0.25, -0.2) is 0 Å². The number of hydrogen-bond donors (Lipinski definition) is 2. The third kappa shape index (κ3) is 19.1. The van der Waals surface area contributed by atoms with Crippen LogP contribution in [0, 0.1) is 18.3 Å². The summed E-state index contributed by atoms with van der Waals surface area (Å²) in [6.45, 7) is 3.73. The number of rotatable bonds is 12. The Morgan fingerprint density at radius 1 is 1.15 bits per heavy atom. The van der Waals surface area contributed by atoms with Crippen LogP contribution in [0.2, 0.25) is 0 Å². The van der Waals surface area contributed by atoms with E-state index < -0.39 is 11.9 Å². The number of carboxylic acid groups (broad SMARTS) is 2. The molecule has 5 heteroatoms. The molecule has 0 radical (unpaired) electrons. The van der Waals surface area contributed by atoms with Gasteiger partial charge in [-0.3, -0.25) is 9.59 Å². The van der Waals surface area contributed by atoms with Gasteiger partial charge in [-0.1, -0.05) is 64.0 Å². The van der Waals surface area contributed by atoms with Crippen molar-refractivity contribution in [3.8, 4) is 0 Å². The topological polar surface area (TPSA) is 74.6 Å². The normalized spacial score (nSPS) is 16.8. The summed E-state index contributed by atoms with van der Waals surface area (Å²) in [6.07, 6.45) is 19.8. The zero-order chi connectivity index (χ0) is 18.9. The second-order valence-corrected chi connectivity index (χ2v) is 6.97. The second-order valence-electron chi connectivity index (χ2n) is 6.97. The zero-order valence-corrected chi connectivity index (χ0v) is 20.2. The van der Waals surface area contributed by atoms with Crippen LogP contribution in [0.15, 0.2) is 12.2 Å². The van der Waals surface area contributed by atoms with Gasteiger partial charge >= 0.3 is 57.4 Å². The summed E-state index contributed by atoms with van der Waals surface area (Å²) in [5, 5.41) is 16.9. The van der Waals surface area contributed by atoms with Crippen molar-refractivity contribution in [1.29, 1.82) is 0 Å². The van der Waals surface area contributed by atoms with Crippen molar-refractivity contribution in [2.45, 2.75) is 90.9 Å². The fourth-order valence-electron chi connectivity index (χ4n) is 2.85. The molecule has 0 spiro atoms. The molecule has 0 amide bonds. The summed E-state index contributed by atoms with van der Waals surface area (Å²) < 4.78 is 0. The second kappa shape index (κ2) is 20.1. The smallest absolute Gasteiger partial charge is 0.483 e. The molecule has 1 aliphatic rings. The SMILES string of the molecule is CCC[CH-]C(C)C(=O)O.O=C(O)CCCCCCCC1C=CCCC1.[K+]. The molecule has 0 aliphatic heterocycles. The molecule has 0 fully saturated rings. The zero-order valence-electron chi connectivity index (χ0n) is 17.1. The monoisotopic (exact) mass is 392 g/mol. The maximum atomic E-state index is 10.3. The number of aliphatic carboxylic acids is 2. The van der Waals surface area contributed by atoms with Crippen LogP contribution in [0.25, 0.3) is 0 Å². The summed E-state index contributed by atoms with van der Waals surface area (Å²) in [5.74, 6) is -0.853. The molecule has 0 aromatic carbocycles. The average molecular weight is 393 g/mol. The minimum Gasteiger partial charge on any atom is -0.483 e. The molecular formula is C21H37KO4. The molecule has 2 N–H and O–H groups in total. The molecule has 1 rings (SSSR count). The van der Waals surface area contributed by atoms with Crippen molar-refractivity contribution in [3.63, 3.8) is 0 Å². The van der Waals surface area contributed by atoms with Crippen molar-refractivity contribution in [1.82, 2.24) is 0 Å². The Kier molecular flexibility index (Phi) is 22.0. The molecule has 0 aromatic rings. The molecule has 26 heavy (non-hydrogen) atoms. The molecule has 2 atom stereocenters. The quantitative estimate of drug-likeness (QED) is 0.232. The standard InChI is InChI=1S/C14H24O2.C7H13O2.K/c15-14(16)12-8-3-1-2-5-9-13-10-6-4-7-11-13;1-3-4-5-6(2)7(8)9;/h6,10,13H,1-5,7-9,11-12H2,(H,15,16);5-6H,3-4H2,1-2H3,(H,8,9);/q;-1;+1. The first-order valence-corrected chi connectivity index (χ1v) is 9.92. The Balaban J connectivity index is 0. The van der Waals surface area contributed by atoms with E-state index in [0.29, 0.717) is 6.42 Å². The Hall–Kier alpha value is 0.316. The van der Waals surface area contributed by atoms with Gasteiger partial charge in [0.2, 0.25) is 0 Å². The third-order valence-electron chi connectivity index (χ3n) is 4.52. The van der Waals surface area contributed by atoms with E-state index in [-0.39, 0.29) is 57.3 Å². The molecule has 146 valence electrons. The van der Waals surface area contributed by atoms with Crippen molar-refractivity contribution in [2.24, 2.45) is 11.8 Å². The fourth-order valence-corrected chi connectivity index (χ4v) is 2.85. The largest absolute Gasteiger partial charge is 1.00 e. The van der Waals surface area contributed by atoms with Crippen molar-refractivity contribution >= 4 is 11.9 Å². The van der Waals surface area contributed by atoms with Gasteiger partial charge in [0.25, 0.3) is 5.97 Å². The molecule has 0 aromatic heterocycles. The van der Waals surface area contributed by atoms with Crippen molar-refractivity contribution in [2.75, 3.05) is 0 Å². The van der Waals surface area contributed by atoms with E-state index in [1.54, 1.807) is 6.92 Å². The number of carbonyl (C=O) groups is 2. The van der Waals surface area contributed by atoms with Crippen molar-refractivity contribution < 1.29 is 71.2 Å². The molecule has 0 bridgehead atoms. The number of hydrogen-bond acceptors (Lipinski definition) is 2. The minimum absolute atomic E-state index is 0. The molecule has 1 aliphatic carbocycles. The van der Waals surface area contributed by atoms with E-state index >= 15 is 0 Å². The van der Waals surface area contributed by atoms with Gasteiger partial charge in [-0.05, 0) is 38.0 Å². The molecule has 4 nitrogen and oxygen atoms in total. The summed E-state index contributed by atoms with van der Waals surface area (Å²) >= 11 is 0. The van der Waals surface area contributed by atoms with Crippen LogP contribution in [0.3, 0.4) is 0 Å². The predicted molar refractivity (Wildman–Crippen MR) is 102 cm³/mol. The van der Waals surface area contributed by atoms with Crippen LogP contribution < -0.4 is 51.4 Å². The van der Waals surface area contributed by atoms with Gasteiger partial charge in [0.1, 0.15) is 0 Å². The number of allylic oxidation sites excluding steroid dienone is 2. The van der Waals surface area contributed by atoms with Gasteiger partial charge in [0.05, 0.1) is 0 Å². The molecular weight excluding hydrogens is 355 g/mol. The van der Waals surface area contributed by atoms with E-state index in [1.807, 2.05) is 13.3 Å². The van der Waals surface area contributed by atoms with E-state index in [2.05, 4.69) is 12.2 Å². The molecule has 0 heterocycles. The minimum atomic E-state index is -0.733. The third-order valence-corrected chi connectivity index (χ3v) is 4.52. The summed E-state index contributed by atoms with van der Waals surface area (Å²) in [7, 11) is 0. The van der Waals surface area contributed by atoms with Gasteiger partial charge in [0, 0.05) is 6.42 Å². The van der Waals surface area contributed by atoms with Crippen LogP contribution in [-0.2, 0) is 9.59 Å². The molecule has 2 unspecified atom stereocenters. The van der Waals surface area contributed by atoms with Crippen LogP contribution in [0.5, 0.6) is 0 Å². The summed E-state index contributed by atoms with van der Waals surface area (Å²) in [5.41, 5.74) is 0. The average Bonchev–Trinajstić information content (AvgIpc) is 2.60. The van der Waals surface area contributed by atoms with Gasteiger partial charge in [-0.2, -0.15) is 6.42 Å². The maximum Gasteiger partial charge on any atom is 1.00 e. The Morgan fingerprint density at radius 2 is 1.81 bits per heavy atom. The van der Waals surface area contributed by atoms with Gasteiger partial charge in [-0.15, -0.1) is 0 Å². The summed E-state index contributed by atoms with van der Waals surface area (Å²) in [6, 6.07) is 0. The van der Waals surface area contributed by atoms with E-state index in [9.17, 15) is 9.59 Å².